The van der Waals surface area contributed by atoms with Gasteiger partial charge in [-0.3, -0.25) is 9.69 Å². The highest BCUT2D eigenvalue weighted by Crippen LogP contribution is 2.14. The molecule has 0 saturated carbocycles. The Bertz CT molecular complexity index is 458. The molecule has 1 aromatic carbocycles. The van der Waals surface area contributed by atoms with E-state index in [0.29, 0.717) is 5.56 Å². The number of rotatable bonds is 3. The smallest absolute Gasteiger partial charge is 0.411 e. The molecule has 0 fully saturated rings. The maximum absolute atomic E-state index is 11.3. The number of carboxylic acid groups (broad SMARTS) is 1. The fourth-order valence-corrected chi connectivity index (χ4v) is 1.31. The van der Waals surface area contributed by atoms with E-state index in [1.165, 1.54) is 24.3 Å². The number of ketones is 1. The number of halogens is 1. The van der Waals surface area contributed by atoms with Gasteiger partial charge in [-0.2, -0.15) is 0 Å². The van der Waals surface area contributed by atoms with Crippen LogP contribution in [0.1, 0.15) is 14.5 Å². The van der Waals surface area contributed by atoms with Crippen LogP contribution in [-0.4, -0.2) is 29.3 Å². The number of carbonyl (C=O) groups excluding carboxylic acids is 1. The summed E-state index contributed by atoms with van der Waals surface area (Å²) in [5.74, 6) is -0.169. The number of alkyl halides is 1. The Morgan fingerprint density at radius 2 is 2.07 bits per heavy atom. The van der Waals surface area contributed by atoms with Crippen LogP contribution < -0.4 is 4.90 Å². The zero-order valence-corrected chi connectivity index (χ0v) is 9.19. The second-order valence-electron chi connectivity index (χ2n) is 2.72. The average molecular weight is 275 g/mol. The molecule has 1 amide bonds. The zero-order valence-electron chi connectivity index (χ0n) is 10.6. The van der Waals surface area contributed by atoms with Crippen molar-refractivity contribution in [2.24, 2.45) is 0 Å². The number of carbonyl (C=O) groups is 2. The first-order chi connectivity index (χ1) is 8.27. The van der Waals surface area contributed by atoms with E-state index in [9.17, 15) is 9.59 Å². The minimum absolute atomic E-state index is 0.00591. The molecule has 0 spiro atoms. The molecule has 0 unspecified atom stereocenters. The van der Waals surface area contributed by atoms with Crippen molar-refractivity contribution in [1.82, 2.24) is 0 Å². The van der Waals surface area contributed by atoms with Gasteiger partial charge in [0.15, 0.2) is 5.78 Å². The number of anilines is 1. The van der Waals surface area contributed by atoms with Gasteiger partial charge in [-0.1, -0.05) is 15.9 Å². The number of amides is 1. The molecule has 0 bridgehead atoms. The summed E-state index contributed by atoms with van der Waals surface area (Å²) >= 11 is 3.01. The highest BCUT2D eigenvalue weighted by atomic mass is 79.9. The maximum Gasteiger partial charge on any atom is 0.411 e. The molecule has 0 radical (unpaired) electrons. The van der Waals surface area contributed by atoms with Crippen molar-refractivity contribution in [1.29, 1.82) is 0 Å². The van der Waals surface area contributed by atoms with Crippen LogP contribution in [0.15, 0.2) is 24.3 Å². The number of hydrogen-bond donors (Lipinski definition) is 1. The van der Waals surface area contributed by atoms with Crippen LogP contribution in [-0.2, 0) is 0 Å². The van der Waals surface area contributed by atoms with E-state index < -0.39 is 13.1 Å². The van der Waals surface area contributed by atoms with Crippen molar-refractivity contribution >= 4 is 33.5 Å². The van der Waals surface area contributed by atoms with Gasteiger partial charge in [0.1, 0.15) is 0 Å². The molecular weight excluding hydrogens is 262 g/mol. The highest BCUT2D eigenvalue weighted by molar-refractivity contribution is 9.09. The normalized spacial score (nSPS) is 13.5. The lowest BCUT2D eigenvalue weighted by Crippen LogP contribution is -2.23. The van der Waals surface area contributed by atoms with Crippen LogP contribution in [0.4, 0.5) is 10.5 Å². The van der Waals surface area contributed by atoms with Gasteiger partial charge in [-0.05, 0) is 24.3 Å². The van der Waals surface area contributed by atoms with Crippen molar-refractivity contribution in [3.63, 3.8) is 0 Å². The molecule has 5 heteroatoms. The van der Waals surface area contributed by atoms with Crippen LogP contribution in [0.5, 0.6) is 0 Å². The summed E-state index contributed by atoms with van der Waals surface area (Å²) < 4.78 is 21.4. The van der Waals surface area contributed by atoms with Crippen LogP contribution in [0.3, 0.4) is 0 Å². The summed E-state index contributed by atoms with van der Waals surface area (Å²) in [6.45, 7) is -2.78. The topological polar surface area (TPSA) is 57.6 Å². The molecule has 80 valence electrons. The molecule has 0 aromatic heterocycles. The van der Waals surface area contributed by atoms with Crippen LogP contribution in [0.2, 0.25) is 0 Å². The predicted molar refractivity (Wildman–Crippen MR) is 61.0 cm³/mol. The molecule has 15 heavy (non-hydrogen) atoms. The van der Waals surface area contributed by atoms with Crippen molar-refractivity contribution < 1.29 is 18.8 Å². The molecule has 0 aliphatic heterocycles. The summed E-state index contributed by atoms with van der Waals surface area (Å²) in [6.07, 6.45) is -1.57. The third-order valence-electron chi connectivity index (χ3n) is 1.76. The minimum Gasteiger partial charge on any atom is -0.465 e. The highest BCUT2D eigenvalue weighted by Gasteiger charge is 2.09. The second kappa shape index (κ2) is 4.93. The van der Waals surface area contributed by atoms with Crippen molar-refractivity contribution in [3.8, 4) is 0 Å². The first-order valence-electron chi connectivity index (χ1n) is 5.49. The van der Waals surface area contributed by atoms with Gasteiger partial charge < -0.3 is 5.11 Å². The van der Waals surface area contributed by atoms with Crippen LogP contribution in [0.25, 0.3) is 0 Å². The van der Waals surface area contributed by atoms with Crippen LogP contribution in [0, 0.1) is 0 Å². The van der Waals surface area contributed by atoms with E-state index >= 15 is 0 Å². The van der Waals surface area contributed by atoms with Gasteiger partial charge in [-0.15, -0.1) is 0 Å². The lowest BCUT2D eigenvalue weighted by Gasteiger charge is -2.12. The lowest BCUT2D eigenvalue weighted by molar-refractivity contribution is 0.102. The average Bonchev–Trinajstić information content (AvgIpc) is 2.26. The fourth-order valence-electron chi connectivity index (χ4n) is 0.984. The molecule has 0 saturated heterocycles. The molecule has 0 aliphatic rings. The first kappa shape index (κ1) is 7.87. The summed E-state index contributed by atoms with van der Waals surface area (Å²) in [5.41, 5.74) is 0.375. The predicted octanol–water partition coefficient (Wildman–Crippen LogP) is 2.38. The van der Waals surface area contributed by atoms with Crippen LogP contribution >= 0.6 is 15.9 Å². The molecule has 1 N–H and O–H groups in total. The molecule has 0 aliphatic carbocycles. The summed E-state index contributed by atoms with van der Waals surface area (Å²) in [6, 6.07) is 5.36. The van der Waals surface area contributed by atoms with Gasteiger partial charge in [0.25, 0.3) is 0 Å². The van der Waals surface area contributed by atoms with Crippen molar-refractivity contribution in [3.05, 3.63) is 29.8 Å². The van der Waals surface area contributed by atoms with Gasteiger partial charge >= 0.3 is 6.09 Å². The molecule has 4 nitrogen and oxygen atoms in total. The third-order valence-corrected chi connectivity index (χ3v) is 2.27. The minimum atomic E-state index is -2.78. The van der Waals surface area contributed by atoms with E-state index in [-0.39, 0.29) is 21.7 Å². The number of benzene rings is 1. The Balaban J connectivity index is 3.09. The molecule has 1 aromatic rings. The van der Waals surface area contributed by atoms with E-state index in [4.69, 9.17) is 9.22 Å². The Kier molecular flexibility index (Phi) is 2.59. The number of nitrogens with zero attached hydrogens (tertiary/aromatic N) is 1. The molecule has 0 atom stereocenters. The Morgan fingerprint density at radius 1 is 1.47 bits per heavy atom. The summed E-state index contributed by atoms with van der Waals surface area (Å²) in [7, 11) is 0. The third kappa shape index (κ3) is 2.79. The molecule has 0 heterocycles. The SMILES string of the molecule is [2H]C([2H])([2H])N(C(=O)O)c1ccc(C(=O)CBr)cc1. The number of Topliss-reactive ketones (excluding diaryl/α,β-unsaturated/α-hetero) is 1. The van der Waals surface area contributed by atoms with Gasteiger partial charge in [0.05, 0.1) is 5.33 Å². The fraction of sp³-hybridized carbons (Fsp3) is 0.200. The Morgan fingerprint density at radius 3 is 2.47 bits per heavy atom. The lowest BCUT2D eigenvalue weighted by atomic mass is 10.1. The van der Waals surface area contributed by atoms with Gasteiger partial charge in [0.2, 0.25) is 0 Å². The van der Waals surface area contributed by atoms with E-state index in [2.05, 4.69) is 15.9 Å². The second-order valence-corrected chi connectivity index (χ2v) is 3.28. The summed E-state index contributed by atoms with van der Waals surface area (Å²) in [4.78, 5) is 22.5. The van der Waals surface area contributed by atoms with Crippen molar-refractivity contribution in [2.45, 2.75) is 0 Å². The number of hydrogen-bond acceptors (Lipinski definition) is 2. The van der Waals surface area contributed by atoms with Crippen molar-refractivity contribution in [2.75, 3.05) is 17.2 Å². The Hall–Kier alpha value is -1.36. The maximum atomic E-state index is 11.3. The van der Waals surface area contributed by atoms with Gasteiger partial charge in [0, 0.05) is 22.3 Å². The van der Waals surface area contributed by atoms with E-state index in [1.54, 1.807) is 0 Å². The molecular formula is C10H10BrNO3. The molecule has 1 rings (SSSR count). The van der Waals surface area contributed by atoms with E-state index in [1.807, 2.05) is 0 Å². The monoisotopic (exact) mass is 274 g/mol. The summed E-state index contributed by atoms with van der Waals surface area (Å²) in [5, 5.41) is 9.03. The zero-order chi connectivity index (χ0) is 13.9. The largest absolute Gasteiger partial charge is 0.465 e. The van der Waals surface area contributed by atoms with E-state index in [0.717, 1.165) is 0 Å². The Labute approximate surface area is 99.9 Å². The quantitative estimate of drug-likeness (QED) is 0.680. The standard InChI is InChI=1S/C10H10BrNO3/c1-12(10(14)15)8-4-2-7(3-5-8)9(13)6-11/h2-5H,6H2,1H3,(H,14,15)/i1D3. The first-order valence-corrected chi connectivity index (χ1v) is 5.12. The van der Waals surface area contributed by atoms with Gasteiger partial charge in [-0.25, -0.2) is 4.79 Å².